The minimum Gasteiger partial charge on any atom is -0.326 e. The summed E-state index contributed by atoms with van der Waals surface area (Å²) in [6.07, 6.45) is 2.39. The van der Waals surface area contributed by atoms with Gasteiger partial charge in [-0.2, -0.15) is 0 Å². The van der Waals surface area contributed by atoms with Crippen molar-refractivity contribution in [3.8, 4) is 0 Å². The van der Waals surface area contributed by atoms with Crippen molar-refractivity contribution in [2.24, 2.45) is 0 Å². The van der Waals surface area contributed by atoms with E-state index in [0.29, 0.717) is 18.8 Å². The van der Waals surface area contributed by atoms with Gasteiger partial charge in [0, 0.05) is 24.2 Å². The number of rotatable bonds is 7. The highest BCUT2D eigenvalue weighted by molar-refractivity contribution is 5.91. The van der Waals surface area contributed by atoms with Crippen LogP contribution in [0.2, 0.25) is 0 Å². The largest absolute Gasteiger partial charge is 0.326 e. The standard InChI is InChI=1S/C25H24N2/c1-3-23-16-10-11-17-24(23)20(2)27(19-22-14-8-5-9-15-22)25(26)18-21-12-6-4-7-13-21/h3-17,26H,1-2,18-19H2. The first-order chi connectivity index (χ1) is 13.2. The Balaban J connectivity index is 1.92. The van der Waals surface area contributed by atoms with Crippen LogP contribution in [-0.2, 0) is 13.0 Å². The van der Waals surface area contributed by atoms with E-state index in [9.17, 15) is 0 Å². The van der Waals surface area contributed by atoms with Crippen LogP contribution < -0.4 is 0 Å². The summed E-state index contributed by atoms with van der Waals surface area (Å²) in [5.74, 6) is 0.522. The highest BCUT2D eigenvalue weighted by Gasteiger charge is 2.17. The van der Waals surface area contributed by atoms with Gasteiger partial charge >= 0.3 is 0 Å². The summed E-state index contributed by atoms with van der Waals surface area (Å²) in [6, 6.07) is 28.4. The van der Waals surface area contributed by atoms with Gasteiger partial charge in [0.25, 0.3) is 0 Å². The molecule has 0 bridgehead atoms. The van der Waals surface area contributed by atoms with Crippen molar-refractivity contribution in [2.75, 3.05) is 0 Å². The maximum absolute atomic E-state index is 8.78. The van der Waals surface area contributed by atoms with E-state index in [-0.39, 0.29) is 0 Å². The van der Waals surface area contributed by atoms with Gasteiger partial charge in [0.1, 0.15) is 5.84 Å². The molecule has 0 unspecified atom stereocenters. The molecule has 134 valence electrons. The Bertz CT molecular complexity index is 927. The molecule has 3 rings (SSSR count). The molecule has 0 aliphatic heterocycles. The maximum Gasteiger partial charge on any atom is 0.105 e. The number of nitrogens with zero attached hydrogens (tertiary/aromatic N) is 1. The molecular formula is C25H24N2. The quantitative estimate of drug-likeness (QED) is 0.408. The normalized spacial score (nSPS) is 10.2. The van der Waals surface area contributed by atoms with Gasteiger partial charge < -0.3 is 4.90 Å². The minimum absolute atomic E-state index is 0.522. The van der Waals surface area contributed by atoms with Crippen molar-refractivity contribution in [1.82, 2.24) is 4.90 Å². The zero-order chi connectivity index (χ0) is 19.1. The molecule has 3 aromatic rings. The molecule has 0 spiro atoms. The van der Waals surface area contributed by atoms with Crippen molar-refractivity contribution in [3.63, 3.8) is 0 Å². The lowest BCUT2D eigenvalue weighted by Gasteiger charge is -2.28. The number of hydrogen-bond donors (Lipinski definition) is 1. The Kier molecular flexibility index (Phi) is 6.01. The zero-order valence-corrected chi connectivity index (χ0v) is 15.4. The van der Waals surface area contributed by atoms with Gasteiger partial charge in [-0.3, -0.25) is 5.41 Å². The molecule has 0 aliphatic rings. The van der Waals surface area contributed by atoms with E-state index in [2.05, 4.69) is 37.4 Å². The van der Waals surface area contributed by atoms with E-state index < -0.39 is 0 Å². The SMILES string of the molecule is C=Cc1ccccc1C(=C)N(Cc1ccccc1)C(=N)Cc1ccccc1. The summed E-state index contributed by atoms with van der Waals surface area (Å²) < 4.78 is 0. The second-order valence-corrected chi connectivity index (χ2v) is 6.42. The summed E-state index contributed by atoms with van der Waals surface area (Å²) in [6.45, 7) is 8.85. The predicted molar refractivity (Wildman–Crippen MR) is 115 cm³/mol. The molecule has 0 fully saturated rings. The topological polar surface area (TPSA) is 27.1 Å². The highest BCUT2D eigenvalue weighted by Crippen LogP contribution is 2.25. The Labute approximate surface area is 161 Å². The summed E-state index contributed by atoms with van der Waals surface area (Å²) in [7, 11) is 0. The van der Waals surface area contributed by atoms with Gasteiger partial charge in [0.15, 0.2) is 0 Å². The van der Waals surface area contributed by atoms with E-state index in [4.69, 9.17) is 5.41 Å². The molecule has 0 aromatic heterocycles. The third-order valence-corrected chi connectivity index (χ3v) is 4.54. The monoisotopic (exact) mass is 352 g/mol. The molecule has 0 saturated heterocycles. The third kappa shape index (κ3) is 4.62. The van der Waals surface area contributed by atoms with Gasteiger partial charge in [-0.1, -0.05) is 104 Å². The Morgan fingerprint density at radius 3 is 2.00 bits per heavy atom. The fourth-order valence-corrected chi connectivity index (χ4v) is 3.09. The number of hydrogen-bond acceptors (Lipinski definition) is 1. The first kappa shape index (κ1) is 18.4. The molecule has 0 atom stereocenters. The third-order valence-electron chi connectivity index (χ3n) is 4.54. The van der Waals surface area contributed by atoms with Crippen molar-refractivity contribution >= 4 is 17.6 Å². The zero-order valence-electron chi connectivity index (χ0n) is 15.4. The predicted octanol–water partition coefficient (Wildman–Crippen LogP) is 6.02. The van der Waals surface area contributed by atoms with Crippen LogP contribution in [0.5, 0.6) is 0 Å². The molecule has 2 heteroatoms. The van der Waals surface area contributed by atoms with Crippen LogP contribution in [0, 0.1) is 5.41 Å². The first-order valence-electron chi connectivity index (χ1n) is 9.02. The summed E-state index contributed by atoms with van der Waals surface area (Å²) >= 11 is 0. The van der Waals surface area contributed by atoms with E-state index >= 15 is 0 Å². The van der Waals surface area contributed by atoms with Crippen LogP contribution in [0.15, 0.2) is 98.1 Å². The fraction of sp³-hybridized carbons (Fsp3) is 0.0800. The van der Waals surface area contributed by atoms with Crippen molar-refractivity contribution in [3.05, 3.63) is 120 Å². The number of nitrogens with one attached hydrogen (secondary N) is 1. The Morgan fingerprint density at radius 2 is 1.37 bits per heavy atom. The highest BCUT2D eigenvalue weighted by atomic mass is 15.2. The molecule has 0 amide bonds. The Hall–Kier alpha value is -3.39. The molecule has 3 aromatic carbocycles. The molecule has 0 aliphatic carbocycles. The summed E-state index contributed by atoms with van der Waals surface area (Å²) in [5.41, 5.74) is 5.10. The molecule has 1 N–H and O–H groups in total. The van der Waals surface area contributed by atoms with Crippen LogP contribution in [0.1, 0.15) is 22.3 Å². The van der Waals surface area contributed by atoms with Gasteiger partial charge in [0.2, 0.25) is 0 Å². The molecule has 0 heterocycles. The van der Waals surface area contributed by atoms with Crippen molar-refractivity contribution in [1.29, 1.82) is 5.41 Å². The number of amidine groups is 1. The lowest BCUT2D eigenvalue weighted by molar-refractivity contribution is 0.564. The van der Waals surface area contributed by atoms with Gasteiger partial charge in [0.05, 0.1) is 0 Å². The van der Waals surface area contributed by atoms with E-state index in [0.717, 1.165) is 28.0 Å². The van der Waals surface area contributed by atoms with Gasteiger partial charge in [-0.25, -0.2) is 0 Å². The van der Waals surface area contributed by atoms with Gasteiger partial charge in [-0.05, 0) is 16.7 Å². The Morgan fingerprint density at radius 1 is 0.815 bits per heavy atom. The smallest absolute Gasteiger partial charge is 0.105 e. The molecule has 27 heavy (non-hydrogen) atoms. The second kappa shape index (κ2) is 8.81. The van der Waals surface area contributed by atoms with Crippen molar-refractivity contribution < 1.29 is 0 Å². The molecule has 0 saturated carbocycles. The first-order valence-corrected chi connectivity index (χ1v) is 9.02. The molecule has 0 radical (unpaired) electrons. The van der Waals surface area contributed by atoms with E-state index in [1.165, 1.54) is 0 Å². The van der Waals surface area contributed by atoms with E-state index in [1.807, 2.05) is 71.6 Å². The van der Waals surface area contributed by atoms with Crippen LogP contribution in [0.25, 0.3) is 11.8 Å². The number of benzene rings is 3. The van der Waals surface area contributed by atoms with Crippen molar-refractivity contribution in [2.45, 2.75) is 13.0 Å². The summed E-state index contributed by atoms with van der Waals surface area (Å²) in [4.78, 5) is 1.99. The van der Waals surface area contributed by atoms with E-state index in [1.54, 1.807) is 0 Å². The molecule has 2 nitrogen and oxygen atoms in total. The van der Waals surface area contributed by atoms with Crippen LogP contribution in [-0.4, -0.2) is 10.7 Å². The van der Waals surface area contributed by atoms with Crippen LogP contribution >= 0.6 is 0 Å². The lowest BCUT2D eigenvalue weighted by atomic mass is 10.0. The molecular weight excluding hydrogens is 328 g/mol. The second-order valence-electron chi connectivity index (χ2n) is 6.42. The van der Waals surface area contributed by atoms with Crippen LogP contribution in [0.4, 0.5) is 0 Å². The maximum atomic E-state index is 8.78. The lowest BCUT2D eigenvalue weighted by Crippen LogP contribution is -2.30. The average Bonchev–Trinajstić information content (AvgIpc) is 2.73. The fourth-order valence-electron chi connectivity index (χ4n) is 3.09. The summed E-state index contributed by atoms with van der Waals surface area (Å²) in [5, 5.41) is 8.78. The minimum atomic E-state index is 0.522. The average molecular weight is 352 g/mol. The van der Waals surface area contributed by atoms with Crippen LogP contribution in [0.3, 0.4) is 0 Å². The van der Waals surface area contributed by atoms with Gasteiger partial charge in [-0.15, -0.1) is 0 Å².